The molecular weight excluding hydrogens is 300 g/mol. The Bertz CT molecular complexity index is 624. The molecule has 0 saturated carbocycles. The maximum absolute atomic E-state index is 6.07. The third-order valence-corrected chi connectivity index (χ3v) is 3.62. The Balaban J connectivity index is 1.82. The van der Waals surface area contributed by atoms with E-state index in [0.717, 1.165) is 42.6 Å². The van der Waals surface area contributed by atoms with Gasteiger partial charge >= 0.3 is 0 Å². The summed E-state index contributed by atoms with van der Waals surface area (Å²) in [6, 6.07) is 5.90. The molecule has 0 atom stereocenters. The first-order valence-electron chi connectivity index (χ1n) is 7.52. The van der Waals surface area contributed by atoms with Crippen LogP contribution in [0.25, 0.3) is 10.9 Å². The molecule has 5 nitrogen and oxygen atoms in total. The van der Waals surface area contributed by atoms with Crippen LogP contribution in [0.1, 0.15) is 12.5 Å². The fourth-order valence-corrected chi connectivity index (χ4v) is 2.45. The van der Waals surface area contributed by atoms with Crippen LogP contribution in [0.15, 0.2) is 29.4 Å². The van der Waals surface area contributed by atoms with Crippen molar-refractivity contribution in [2.45, 2.75) is 13.3 Å². The molecule has 1 aromatic carbocycles. The zero-order chi connectivity index (χ0) is 15.8. The van der Waals surface area contributed by atoms with Gasteiger partial charge in [-0.05, 0) is 37.1 Å². The number of H-pyrrole nitrogens is 1. The van der Waals surface area contributed by atoms with Crippen molar-refractivity contribution >= 4 is 28.5 Å². The molecule has 0 saturated heterocycles. The Morgan fingerprint density at radius 3 is 2.91 bits per heavy atom. The average Bonchev–Trinajstić information content (AvgIpc) is 2.92. The molecule has 0 aliphatic heterocycles. The van der Waals surface area contributed by atoms with E-state index in [-0.39, 0.29) is 0 Å². The third kappa shape index (κ3) is 4.64. The van der Waals surface area contributed by atoms with E-state index in [0.29, 0.717) is 6.61 Å². The summed E-state index contributed by atoms with van der Waals surface area (Å²) in [6.45, 7) is 4.94. The summed E-state index contributed by atoms with van der Waals surface area (Å²) in [6.07, 6.45) is 2.93. The summed E-state index contributed by atoms with van der Waals surface area (Å²) < 4.78 is 5.29. The summed E-state index contributed by atoms with van der Waals surface area (Å²) in [4.78, 5) is 7.46. The fraction of sp³-hybridized carbons (Fsp3) is 0.438. The van der Waals surface area contributed by atoms with Gasteiger partial charge in [-0.1, -0.05) is 11.6 Å². The van der Waals surface area contributed by atoms with E-state index < -0.39 is 0 Å². The van der Waals surface area contributed by atoms with Crippen molar-refractivity contribution in [3.8, 4) is 0 Å². The monoisotopic (exact) mass is 322 g/mol. The zero-order valence-electron chi connectivity index (χ0n) is 13.1. The molecule has 3 N–H and O–H groups in total. The van der Waals surface area contributed by atoms with Crippen LogP contribution in [0.5, 0.6) is 0 Å². The maximum atomic E-state index is 6.07. The minimum atomic E-state index is 0.679. The molecule has 0 radical (unpaired) electrons. The summed E-state index contributed by atoms with van der Waals surface area (Å²) in [7, 11) is 1.77. The highest BCUT2D eigenvalue weighted by atomic mass is 35.5. The van der Waals surface area contributed by atoms with Gasteiger partial charge in [0.05, 0.1) is 6.61 Å². The molecule has 0 aliphatic carbocycles. The lowest BCUT2D eigenvalue weighted by Gasteiger charge is -2.11. The van der Waals surface area contributed by atoms with Crippen molar-refractivity contribution in [1.29, 1.82) is 0 Å². The van der Waals surface area contributed by atoms with Gasteiger partial charge in [0.1, 0.15) is 0 Å². The third-order valence-electron chi connectivity index (χ3n) is 3.38. The molecule has 2 rings (SSSR count). The van der Waals surface area contributed by atoms with Gasteiger partial charge in [0.2, 0.25) is 0 Å². The van der Waals surface area contributed by atoms with Crippen molar-refractivity contribution in [3.63, 3.8) is 0 Å². The van der Waals surface area contributed by atoms with Crippen LogP contribution in [0.4, 0.5) is 0 Å². The first-order valence-corrected chi connectivity index (χ1v) is 7.90. The summed E-state index contributed by atoms with van der Waals surface area (Å²) in [5.74, 6) is 0.789. The number of benzene rings is 1. The maximum Gasteiger partial charge on any atom is 0.191 e. The highest BCUT2D eigenvalue weighted by Gasteiger charge is 2.04. The van der Waals surface area contributed by atoms with Crippen LogP contribution in [0, 0.1) is 0 Å². The van der Waals surface area contributed by atoms with E-state index in [1.54, 1.807) is 7.05 Å². The number of ether oxygens (including phenoxy) is 1. The SMILES string of the molecule is CCOCCNC(=NC)NCCc1c[nH]c2ccc(Cl)cc12. The van der Waals surface area contributed by atoms with Crippen molar-refractivity contribution in [2.75, 3.05) is 33.4 Å². The van der Waals surface area contributed by atoms with Crippen LogP contribution in [0.3, 0.4) is 0 Å². The Morgan fingerprint density at radius 1 is 1.32 bits per heavy atom. The molecule has 6 heteroatoms. The molecule has 1 heterocycles. The van der Waals surface area contributed by atoms with Crippen LogP contribution in [0.2, 0.25) is 5.02 Å². The smallest absolute Gasteiger partial charge is 0.191 e. The van der Waals surface area contributed by atoms with Gasteiger partial charge in [-0.15, -0.1) is 0 Å². The highest BCUT2D eigenvalue weighted by molar-refractivity contribution is 6.31. The average molecular weight is 323 g/mol. The second-order valence-corrected chi connectivity index (χ2v) is 5.31. The molecule has 22 heavy (non-hydrogen) atoms. The van der Waals surface area contributed by atoms with Gasteiger partial charge in [-0.3, -0.25) is 4.99 Å². The molecule has 0 bridgehead atoms. The van der Waals surface area contributed by atoms with Crippen molar-refractivity contribution < 1.29 is 4.74 Å². The van der Waals surface area contributed by atoms with Gasteiger partial charge in [0, 0.05) is 48.9 Å². The van der Waals surface area contributed by atoms with Gasteiger partial charge in [-0.2, -0.15) is 0 Å². The number of nitrogens with zero attached hydrogens (tertiary/aromatic N) is 1. The number of fused-ring (bicyclic) bond motifs is 1. The molecule has 0 amide bonds. The lowest BCUT2D eigenvalue weighted by atomic mass is 10.1. The molecule has 0 aliphatic rings. The number of hydrogen-bond acceptors (Lipinski definition) is 2. The Kier molecular flexibility index (Phi) is 6.55. The molecular formula is C16H23ClN4O. The minimum Gasteiger partial charge on any atom is -0.380 e. The predicted octanol–water partition coefficient (Wildman–Crippen LogP) is 2.57. The summed E-state index contributed by atoms with van der Waals surface area (Å²) in [5.41, 5.74) is 2.35. The molecule has 2 aromatic rings. The summed E-state index contributed by atoms with van der Waals surface area (Å²) in [5, 5.41) is 8.45. The molecule has 0 unspecified atom stereocenters. The van der Waals surface area contributed by atoms with E-state index in [2.05, 4.69) is 20.6 Å². The first-order chi connectivity index (χ1) is 10.7. The van der Waals surface area contributed by atoms with E-state index in [4.69, 9.17) is 16.3 Å². The minimum absolute atomic E-state index is 0.679. The number of rotatable bonds is 7. The lowest BCUT2D eigenvalue weighted by molar-refractivity contribution is 0.152. The molecule has 120 valence electrons. The van der Waals surface area contributed by atoms with E-state index in [1.807, 2.05) is 31.3 Å². The van der Waals surface area contributed by atoms with Crippen LogP contribution < -0.4 is 10.6 Å². The van der Waals surface area contributed by atoms with Gasteiger partial charge in [0.15, 0.2) is 5.96 Å². The number of aliphatic imine (C=N–C) groups is 1. The number of aromatic nitrogens is 1. The summed E-state index contributed by atoms with van der Waals surface area (Å²) >= 11 is 6.07. The first kappa shape index (κ1) is 16.6. The second kappa shape index (κ2) is 8.66. The van der Waals surface area contributed by atoms with Crippen molar-refractivity contribution in [3.05, 3.63) is 35.0 Å². The largest absolute Gasteiger partial charge is 0.380 e. The quantitative estimate of drug-likeness (QED) is 0.417. The Morgan fingerprint density at radius 2 is 2.14 bits per heavy atom. The van der Waals surface area contributed by atoms with E-state index in [9.17, 15) is 0 Å². The lowest BCUT2D eigenvalue weighted by Crippen LogP contribution is -2.39. The number of guanidine groups is 1. The van der Waals surface area contributed by atoms with Crippen LogP contribution in [-0.4, -0.2) is 44.3 Å². The molecule has 0 spiro atoms. The van der Waals surface area contributed by atoms with Gasteiger partial charge in [-0.25, -0.2) is 0 Å². The van der Waals surface area contributed by atoms with Gasteiger partial charge in [0.25, 0.3) is 0 Å². The Hall–Kier alpha value is -1.72. The number of nitrogens with one attached hydrogen (secondary N) is 3. The highest BCUT2D eigenvalue weighted by Crippen LogP contribution is 2.22. The van der Waals surface area contributed by atoms with Crippen LogP contribution >= 0.6 is 11.6 Å². The number of halogens is 1. The van der Waals surface area contributed by atoms with E-state index in [1.165, 1.54) is 10.9 Å². The topological polar surface area (TPSA) is 61.4 Å². The number of hydrogen-bond donors (Lipinski definition) is 3. The van der Waals surface area contributed by atoms with E-state index >= 15 is 0 Å². The predicted molar refractivity (Wildman–Crippen MR) is 92.9 cm³/mol. The standard InChI is InChI=1S/C16H23ClN4O/c1-3-22-9-8-20-16(18-2)19-7-6-12-11-21-15-5-4-13(17)10-14(12)15/h4-5,10-11,21H,3,6-9H2,1-2H3,(H2,18,19,20). The number of aromatic amines is 1. The van der Waals surface area contributed by atoms with Crippen LogP contribution in [-0.2, 0) is 11.2 Å². The Labute approximate surface area is 136 Å². The van der Waals surface area contributed by atoms with Crippen molar-refractivity contribution in [2.24, 2.45) is 4.99 Å². The fourth-order valence-electron chi connectivity index (χ4n) is 2.28. The second-order valence-electron chi connectivity index (χ2n) is 4.88. The van der Waals surface area contributed by atoms with Gasteiger partial charge < -0.3 is 20.4 Å². The molecule has 0 fully saturated rings. The van der Waals surface area contributed by atoms with Crippen molar-refractivity contribution in [1.82, 2.24) is 15.6 Å². The normalized spacial score (nSPS) is 11.9. The molecule has 1 aromatic heterocycles. The zero-order valence-corrected chi connectivity index (χ0v) is 13.8.